The van der Waals surface area contributed by atoms with E-state index in [2.05, 4.69) is 26.5 Å². The molecule has 16 heavy (non-hydrogen) atoms. The molecule has 0 heterocycles. The lowest BCUT2D eigenvalue weighted by Gasteiger charge is -2.42. The van der Waals surface area contributed by atoms with Crippen molar-refractivity contribution >= 4 is 5.78 Å². The van der Waals surface area contributed by atoms with E-state index in [1.54, 1.807) is 0 Å². The maximum absolute atomic E-state index is 11.8. The highest BCUT2D eigenvalue weighted by Crippen LogP contribution is 2.46. The zero-order valence-corrected chi connectivity index (χ0v) is 10.6. The van der Waals surface area contributed by atoms with Gasteiger partial charge in [0.2, 0.25) is 0 Å². The van der Waals surface area contributed by atoms with E-state index in [0.29, 0.717) is 30.0 Å². The Morgan fingerprint density at radius 2 is 2.12 bits per heavy atom. The summed E-state index contributed by atoms with van der Waals surface area (Å²) in [6.45, 7) is 10.7. The number of hydrogen-bond acceptors (Lipinski definition) is 1. The monoisotopic (exact) mass is 218 g/mol. The molecular formula is C15H22O. The molecule has 1 heteroatoms. The third kappa shape index (κ3) is 1.88. The van der Waals surface area contributed by atoms with E-state index in [1.807, 2.05) is 6.92 Å². The first-order valence-electron chi connectivity index (χ1n) is 6.40. The number of ketones is 1. The lowest BCUT2D eigenvalue weighted by molar-refractivity contribution is -0.117. The molecule has 1 saturated carbocycles. The molecule has 88 valence electrons. The minimum Gasteiger partial charge on any atom is -0.295 e. The van der Waals surface area contributed by atoms with Crippen LogP contribution in [0.1, 0.15) is 40.0 Å². The summed E-state index contributed by atoms with van der Waals surface area (Å²) in [4.78, 5) is 11.8. The molecule has 0 bridgehead atoms. The molecule has 2 rings (SSSR count). The van der Waals surface area contributed by atoms with Gasteiger partial charge < -0.3 is 0 Å². The predicted octanol–water partition coefficient (Wildman–Crippen LogP) is 3.76. The van der Waals surface area contributed by atoms with Crippen molar-refractivity contribution in [3.05, 3.63) is 23.8 Å². The van der Waals surface area contributed by atoms with Crippen LogP contribution in [0.3, 0.4) is 0 Å². The number of allylic oxidation sites excluding steroid dienone is 3. The highest BCUT2D eigenvalue weighted by molar-refractivity contribution is 5.96. The SMILES string of the molecule is C=C1CCC(C(C)C)C2C=C(C)C(=O)CC12. The normalized spacial score (nSPS) is 35.0. The molecule has 0 aliphatic heterocycles. The van der Waals surface area contributed by atoms with Crippen molar-refractivity contribution in [3.63, 3.8) is 0 Å². The third-order valence-electron chi connectivity index (χ3n) is 4.43. The lowest BCUT2D eigenvalue weighted by atomic mass is 9.62. The minimum atomic E-state index is 0.326. The molecule has 0 spiro atoms. The van der Waals surface area contributed by atoms with Gasteiger partial charge in [0.1, 0.15) is 0 Å². The summed E-state index contributed by atoms with van der Waals surface area (Å²) in [6, 6.07) is 0. The first-order chi connectivity index (χ1) is 7.50. The molecule has 0 aromatic heterocycles. The van der Waals surface area contributed by atoms with Gasteiger partial charge in [0.25, 0.3) is 0 Å². The molecular weight excluding hydrogens is 196 g/mol. The summed E-state index contributed by atoms with van der Waals surface area (Å²) in [5.41, 5.74) is 2.28. The van der Waals surface area contributed by atoms with Crippen molar-refractivity contribution in [2.45, 2.75) is 40.0 Å². The van der Waals surface area contributed by atoms with Gasteiger partial charge in [-0.15, -0.1) is 0 Å². The molecule has 0 saturated heterocycles. The van der Waals surface area contributed by atoms with Gasteiger partial charge in [-0.1, -0.05) is 32.1 Å². The number of hydrogen-bond donors (Lipinski definition) is 0. The van der Waals surface area contributed by atoms with Crippen molar-refractivity contribution in [1.29, 1.82) is 0 Å². The Balaban J connectivity index is 2.31. The second-order valence-corrected chi connectivity index (χ2v) is 5.77. The van der Waals surface area contributed by atoms with Crippen molar-refractivity contribution < 1.29 is 4.79 Å². The molecule has 0 aromatic carbocycles. The molecule has 0 aromatic rings. The van der Waals surface area contributed by atoms with Crippen LogP contribution in [0.2, 0.25) is 0 Å². The molecule has 0 radical (unpaired) electrons. The van der Waals surface area contributed by atoms with E-state index in [1.165, 1.54) is 12.0 Å². The van der Waals surface area contributed by atoms with E-state index in [4.69, 9.17) is 0 Å². The second-order valence-electron chi connectivity index (χ2n) is 5.77. The summed E-state index contributed by atoms with van der Waals surface area (Å²) >= 11 is 0. The zero-order valence-electron chi connectivity index (χ0n) is 10.6. The van der Waals surface area contributed by atoms with E-state index in [9.17, 15) is 4.79 Å². The van der Waals surface area contributed by atoms with Crippen molar-refractivity contribution in [2.24, 2.45) is 23.7 Å². The van der Waals surface area contributed by atoms with Gasteiger partial charge in [0.05, 0.1) is 0 Å². The van der Waals surface area contributed by atoms with Crippen LogP contribution in [0.25, 0.3) is 0 Å². The van der Waals surface area contributed by atoms with Gasteiger partial charge in [0.15, 0.2) is 5.78 Å². The molecule has 1 nitrogen and oxygen atoms in total. The average Bonchev–Trinajstić information content (AvgIpc) is 2.21. The fourth-order valence-electron chi connectivity index (χ4n) is 3.34. The van der Waals surface area contributed by atoms with E-state index in [-0.39, 0.29) is 0 Å². The van der Waals surface area contributed by atoms with E-state index >= 15 is 0 Å². The van der Waals surface area contributed by atoms with E-state index in [0.717, 1.165) is 17.9 Å². The van der Waals surface area contributed by atoms with Crippen LogP contribution in [-0.4, -0.2) is 5.78 Å². The number of Topliss-reactive ketones (excluding diaryl/α,β-unsaturated/α-hetero) is 1. The first-order valence-corrected chi connectivity index (χ1v) is 6.40. The molecule has 3 atom stereocenters. The van der Waals surface area contributed by atoms with Gasteiger partial charge in [-0.25, -0.2) is 0 Å². The lowest BCUT2D eigenvalue weighted by Crippen LogP contribution is -2.35. The van der Waals surface area contributed by atoms with Gasteiger partial charge in [0, 0.05) is 6.42 Å². The van der Waals surface area contributed by atoms with Crippen LogP contribution in [0, 0.1) is 23.7 Å². The van der Waals surface area contributed by atoms with Gasteiger partial charge in [-0.2, -0.15) is 0 Å². The van der Waals surface area contributed by atoms with Gasteiger partial charge in [-0.05, 0) is 49.0 Å². The first kappa shape index (κ1) is 11.6. The number of rotatable bonds is 1. The fraction of sp³-hybridized carbons (Fsp3) is 0.667. The number of carbonyl (C=O) groups is 1. The maximum Gasteiger partial charge on any atom is 0.158 e. The Hall–Kier alpha value is -0.850. The summed E-state index contributed by atoms with van der Waals surface area (Å²) in [5, 5.41) is 0. The molecule has 2 aliphatic rings. The molecule has 1 fully saturated rings. The smallest absolute Gasteiger partial charge is 0.158 e. The van der Waals surface area contributed by atoms with Crippen LogP contribution in [0.4, 0.5) is 0 Å². The summed E-state index contributed by atoms with van der Waals surface area (Å²) < 4.78 is 0. The largest absolute Gasteiger partial charge is 0.295 e. The Morgan fingerprint density at radius 3 is 2.75 bits per heavy atom. The predicted molar refractivity (Wildman–Crippen MR) is 67.1 cm³/mol. The third-order valence-corrected chi connectivity index (χ3v) is 4.43. The summed E-state index contributed by atoms with van der Waals surface area (Å²) in [6.07, 6.45) is 5.29. The Kier molecular flexibility index (Phi) is 3.05. The molecule has 3 unspecified atom stereocenters. The quantitative estimate of drug-likeness (QED) is 0.612. The summed E-state index contributed by atoms with van der Waals surface area (Å²) in [7, 11) is 0. The van der Waals surface area contributed by atoms with Crippen LogP contribution in [0.15, 0.2) is 23.8 Å². The highest BCUT2D eigenvalue weighted by Gasteiger charge is 2.39. The van der Waals surface area contributed by atoms with Gasteiger partial charge >= 0.3 is 0 Å². The Morgan fingerprint density at radius 1 is 1.44 bits per heavy atom. The Labute approximate surface area is 98.6 Å². The molecule has 0 N–H and O–H groups in total. The molecule has 0 amide bonds. The highest BCUT2D eigenvalue weighted by atomic mass is 16.1. The second kappa shape index (κ2) is 4.20. The van der Waals surface area contributed by atoms with Crippen molar-refractivity contribution in [1.82, 2.24) is 0 Å². The standard InChI is InChI=1S/C15H22O/c1-9(2)12-6-5-10(3)13-8-15(16)11(4)7-14(12)13/h7,9,12-14H,3,5-6,8H2,1-2,4H3. The zero-order chi connectivity index (χ0) is 11.9. The van der Waals surface area contributed by atoms with Crippen LogP contribution >= 0.6 is 0 Å². The average molecular weight is 218 g/mol. The van der Waals surface area contributed by atoms with Crippen molar-refractivity contribution in [3.8, 4) is 0 Å². The fourth-order valence-corrected chi connectivity index (χ4v) is 3.34. The number of carbonyl (C=O) groups excluding carboxylic acids is 1. The Bertz CT molecular complexity index is 348. The minimum absolute atomic E-state index is 0.326. The van der Waals surface area contributed by atoms with Crippen molar-refractivity contribution in [2.75, 3.05) is 0 Å². The summed E-state index contributed by atoms with van der Waals surface area (Å²) in [5.74, 6) is 2.76. The number of fused-ring (bicyclic) bond motifs is 1. The molecule has 2 aliphatic carbocycles. The maximum atomic E-state index is 11.8. The van der Waals surface area contributed by atoms with Crippen LogP contribution in [-0.2, 0) is 4.79 Å². The van der Waals surface area contributed by atoms with E-state index < -0.39 is 0 Å². The van der Waals surface area contributed by atoms with Crippen LogP contribution < -0.4 is 0 Å². The topological polar surface area (TPSA) is 17.1 Å². The van der Waals surface area contributed by atoms with Crippen LogP contribution in [0.5, 0.6) is 0 Å². The van der Waals surface area contributed by atoms with Gasteiger partial charge in [-0.3, -0.25) is 4.79 Å².